The Morgan fingerprint density at radius 1 is 0.879 bits per heavy atom. The summed E-state index contributed by atoms with van der Waals surface area (Å²) in [7, 11) is 0. The molecule has 0 radical (unpaired) electrons. The highest BCUT2D eigenvalue weighted by Crippen LogP contribution is 2.47. The van der Waals surface area contributed by atoms with E-state index in [4.69, 9.17) is 4.74 Å². The minimum absolute atomic E-state index is 0.000645. The lowest BCUT2D eigenvalue weighted by Gasteiger charge is -2.37. The highest BCUT2D eigenvalue weighted by atomic mass is 19.2. The molecule has 0 bridgehead atoms. The predicted octanol–water partition coefficient (Wildman–Crippen LogP) is 4.08. The van der Waals surface area contributed by atoms with Crippen LogP contribution in [0.2, 0.25) is 0 Å². The standard InChI is InChI=1S/C23H19F5N2O3/c24-13-7-12(8-14(25)9-13)18-1-2-19-30(18)22(32)23(33-19)3-5-29(6-4-23)21(31)20-16(27)10-15(26)11-17(20)28/h7-11,18-19H,1-6H2. The number of likely N-dealkylation sites (tertiary alicyclic amines) is 1. The lowest BCUT2D eigenvalue weighted by atomic mass is 9.89. The van der Waals surface area contributed by atoms with Crippen molar-refractivity contribution < 1.29 is 36.3 Å². The van der Waals surface area contributed by atoms with E-state index in [-0.39, 0.29) is 31.8 Å². The van der Waals surface area contributed by atoms with Crippen LogP contribution in [0, 0.1) is 29.1 Å². The van der Waals surface area contributed by atoms with Crippen LogP contribution in [-0.2, 0) is 9.53 Å². The van der Waals surface area contributed by atoms with Crippen LogP contribution >= 0.6 is 0 Å². The third kappa shape index (κ3) is 3.56. The molecule has 3 heterocycles. The second kappa shape index (κ2) is 7.79. The molecule has 1 spiro atoms. The van der Waals surface area contributed by atoms with Crippen molar-refractivity contribution >= 4 is 11.8 Å². The third-order valence-electron chi connectivity index (χ3n) is 6.67. The topological polar surface area (TPSA) is 49.9 Å². The summed E-state index contributed by atoms with van der Waals surface area (Å²) in [6.45, 7) is 0.00129. The van der Waals surface area contributed by atoms with Gasteiger partial charge >= 0.3 is 0 Å². The summed E-state index contributed by atoms with van der Waals surface area (Å²) < 4.78 is 74.7. The van der Waals surface area contributed by atoms with Gasteiger partial charge in [-0.1, -0.05) is 0 Å². The summed E-state index contributed by atoms with van der Waals surface area (Å²) in [4.78, 5) is 28.7. The van der Waals surface area contributed by atoms with Gasteiger partial charge in [0, 0.05) is 44.1 Å². The number of fused-ring (bicyclic) bond motifs is 1. The van der Waals surface area contributed by atoms with Gasteiger partial charge in [-0.2, -0.15) is 0 Å². The summed E-state index contributed by atoms with van der Waals surface area (Å²) >= 11 is 0. The van der Waals surface area contributed by atoms with E-state index in [9.17, 15) is 31.5 Å². The number of nitrogens with zero attached hydrogens (tertiary/aromatic N) is 2. The molecule has 2 unspecified atom stereocenters. The van der Waals surface area contributed by atoms with E-state index in [1.165, 1.54) is 21.9 Å². The number of piperidine rings is 1. The van der Waals surface area contributed by atoms with Crippen molar-refractivity contribution in [3.05, 3.63) is 70.5 Å². The number of halogens is 5. The van der Waals surface area contributed by atoms with Gasteiger partial charge in [0.25, 0.3) is 11.8 Å². The molecule has 5 rings (SSSR count). The van der Waals surface area contributed by atoms with Crippen LogP contribution in [0.3, 0.4) is 0 Å². The maximum absolute atomic E-state index is 14.0. The van der Waals surface area contributed by atoms with Gasteiger partial charge in [-0.3, -0.25) is 9.59 Å². The van der Waals surface area contributed by atoms with Crippen molar-refractivity contribution in [3.63, 3.8) is 0 Å². The highest BCUT2D eigenvalue weighted by Gasteiger charge is 2.58. The lowest BCUT2D eigenvalue weighted by Crippen LogP contribution is -2.51. The summed E-state index contributed by atoms with van der Waals surface area (Å²) in [5.41, 5.74) is -1.72. The number of amides is 2. The first kappa shape index (κ1) is 21.8. The number of ether oxygens (including phenoxy) is 1. The van der Waals surface area contributed by atoms with E-state index in [0.717, 1.165) is 6.07 Å². The van der Waals surface area contributed by atoms with E-state index in [2.05, 4.69) is 0 Å². The largest absolute Gasteiger partial charge is 0.342 e. The van der Waals surface area contributed by atoms with Gasteiger partial charge in [-0.05, 0) is 30.5 Å². The second-order valence-electron chi connectivity index (χ2n) is 8.61. The van der Waals surface area contributed by atoms with Crippen LogP contribution in [0.4, 0.5) is 22.0 Å². The average Bonchev–Trinajstić information content (AvgIpc) is 3.25. The lowest BCUT2D eigenvalue weighted by molar-refractivity contribution is -0.142. The summed E-state index contributed by atoms with van der Waals surface area (Å²) in [6, 6.07) is 3.50. The molecule has 0 aliphatic carbocycles. The summed E-state index contributed by atoms with van der Waals surface area (Å²) in [5, 5.41) is 0. The quantitative estimate of drug-likeness (QED) is 0.627. The Balaban J connectivity index is 1.33. The first-order chi connectivity index (χ1) is 15.7. The molecule has 174 valence electrons. The maximum Gasteiger partial charge on any atom is 0.259 e. The van der Waals surface area contributed by atoms with Crippen LogP contribution < -0.4 is 0 Å². The van der Waals surface area contributed by atoms with Crippen molar-refractivity contribution in [2.24, 2.45) is 0 Å². The normalized spacial score (nSPS) is 24.0. The van der Waals surface area contributed by atoms with Crippen molar-refractivity contribution in [1.29, 1.82) is 0 Å². The number of rotatable bonds is 2. The Morgan fingerprint density at radius 3 is 2.06 bits per heavy atom. The number of carbonyl (C=O) groups excluding carboxylic acids is 2. The Kier molecular flexibility index (Phi) is 5.15. The van der Waals surface area contributed by atoms with Crippen molar-refractivity contribution in [2.45, 2.75) is 43.6 Å². The van der Waals surface area contributed by atoms with Crippen LogP contribution in [0.25, 0.3) is 0 Å². The zero-order valence-electron chi connectivity index (χ0n) is 17.3. The Bertz CT molecular complexity index is 1110. The molecule has 3 aliphatic rings. The zero-order valence-corrected chi connectivity index (χ0v) is 17.3. The smallest absolute Gasteiger partial charge is 0.259 e. The SMILES string of the molecule is O=C(c1c(F)cc(F)cc1F)N1CCC2(CC1)OC1CCC(c3cc(F)cc(F)c3)N1C2=O. The van der Waals surface area contributed by atoms with Crippen molar-refractivity contribution in [2.75, 3.05) is 13.1 Å². The van der Waals surface area contributed by atoms with Crippen molar-refractivity contribution in [3.8, 4) is 0 Å². The molecule has 2 amide bonds. The molecule has 2 aromatic rings. The molecule has 10 heteroatoms. The van der Waals surface area contributed by atoms with E-state index in [1.54, 1.807) is 0 Å². The fraction of sp³-hybridized carbons (Fsp3) is 0.391. The second-order valence-corrected chi connectivity index (χ2v) is 8.61. The first-order valence-electron chi connectivity index (χ1n) is 10.6. The van der Waals surface area contributed by atoms with Gasteiger partial charge in [-0.15, -0.1) is 0 Å². The zero-order chi connectivity index (χ0) is 23.5. The van der Waals surface area contributed by atoms with Crippen molar-refractivity contribution in [1.82, 2.24) is 9.80 Å². The van der Waals surface area contributed by atoms with E-state index in [0.29, 0.717) is 30.5 Å². The molecule has 3 aliphatic heterocycles. The fourth-order valence-electron chi connectivity index (χ4n) is 5.12. The van der Waals surface area contributed by atoms with Gasteiger partial charge in [0.15, 0.2) is 5.60 Å². The molecular formula is C23H19F5N2O3. The molecular weight excluding hydrogens is 447 g/mol. The molecule has 5 nitrogen and oxygen atoms in total. The minimum atomic E-state index is -1.29. The molecule has 3 saturated heterocycles. The molecule has 0 aromatic heterocycles. The van der Waals surface area contributed by atoms with Crippen LogP contribution in [0.1, 0.15) is 47.6 Å². The number of benzene rings is 2. The van der Waals surface area contributed by atoms with Gasteiger partial charge in [0.2, 0.25) is 0 Å². The Labute approximate surface area is 185 Å². The molecule has 2 aromatic carbocycles. The molecule has 33 heavy (non-hydrogen) atoms. The number of carbonyl (C=O) groups is 2. The molecule has 3 fully saturated rings. The van der Waals surface area contributed by atoms with Gasteiger partial charge < -0.3 is 14.5 Å². The summed E-state index contributed by atoms with van der Waals surface area (Å²) in [5.74, 6) is -6.44. The van der Waals surface area contributed by atoms with E-state index < -0.39 is 58.4 Å². The predicted molar refractivity (Wildman–Crippen MR) is 104 cm³/mol. The van der Waals surface area contributed by atoms with Gasteiger partial charge in [0.05, 0.1) is 6.04 Å². The third-order valence-corrected chi connectivity index (χ3v) is 6.67. The highest BCUT2D eigenvalue weighted by molar-refractivity contribution is 5.95. The average molecular weight is 466 g/mol. The van der Waals surface area contributed by atoms with Gasteiger partial charge in [0.1, 0.15) is 40.9 Å². The molecule has 0 N–H and O–H groups in total. The monoisotopic (exact) mass is 466 g/mol. The van der Waals surface area contributed by atoms with E-state index in [1.807, 2.05) is 0 Å². The molecule has 0 saturated carbocycles. The van der Waals surface area contributed by atoms with Crippen LogP contribution in [-0.4, -0.2) is 46.5 Å². The fourth-order valence-corrected chi connectivity index (χ4v) is 5.12. The van der Waals surface area contributed by atoms with Gasteiger partial charge in [-0.25, -0.2) is 22.0 Å². The Hall–Kier alpha value is -3.01. The first-order valence-corrected chi connectivity index (χ1v) is 10.6. The summed E-state index contributed by atoms with van der Waals surface area (Å²) in [6.07, 6.45) is 0.620. The maximum atomic E-state index is 14.0. The van der Waals surface area contributed by atoms with Crippen LogP contribution in [0.15, 0.2) is 30.3 Å². The molecule has 2 atom stereocenters. The number of hydrogen-bond acceptors (Lipinski definition) is 3. The number of hydrogen-bond donors (Lipinski definition) is 0. The van der Waals surface area contributed by atoms with E-state index >= 15 is 0 Å². The van der Waals surface area contributed by atoms with Crippen LogP contribution in [0.5, 0.6) is 0 Å². The minimum Gasteiger partial charge on any atom is -0.342 e. The Morgan fingerprint density at radius 2 is 1.45 bits per heavy atom.